The van der Waals surface area contributed by atoms with E-state index in [1.807, 2.05) is 0 Å². The van der Waals surface area contributed by atoms with Gasteiger partial charge in [0.2, 0.25) is 0 Å². The fourth-order valence-corrected chi connectivity index (χ4v) is 1.64. The van der Waals surface area contributed by atoms with Crippen molar-refractivity contribution in [3.8, 4) is 0 Å². The Bertz CT molecular complexity index is 305. The lowest BCUT2D eigenvalue weighted by Gasteiger charge is -2.07. The SMILES string of the molecule is CCNCCNCc1cc(F)ccc1Br. The lowest BCUT2D eigenvalue weighted by Crippen LogP contribution is -2.26. The minimum absolute atomic E-state index is 0.193. The highest BCUT2D eigenvalue weighted by molar-refractivity contribution is 9.10. The second-order valence-electron chi connectivity index (χ2n) is 3.27. The summed E-state index contributed by atoms with van der Waals surface area (Å²) in [6.45, 7) is 5.55. The zero-order valence-electron chi connectivity index (χ0n) is 8.82. The highest BCUT2D eigenvalue weighted by Crippen LogP contribution is 2.17. The Morgan fingerprint density at radius 2 is 2.00 bits per heavy atom. The summed E-state index contributed by atoms with van der Waals surface area (Å²) in [5.41, 5.74) is 0.950. The van der Waals surface area contributed by atoms with Crippen LogP contribution < -0.4 is 10.6 Å². The van der Waals surface area contributed by atoms with Gasteiger partial charge in [-0.1, -0.05) is 22.9 Å². The summed E-state index contributed by atoms with van der Waals surface area (Å²) >= 11 is 3.39. The first kappa shape index (κ1) is 12.6. The molecule has 1 rings (SSSR count). The largest absolute Gasteiger partial charge is 0.316 e. The van der Waals surface area contributed by atoms with E-state index in [4.69, 9.17) is 0 Å². The molecule has 2 N–H and O–H groups in total. The van der Waals surface area contributed by atoms with Crippen LogP contribution in [0.2, 0.25) is 0 Å². The second-order valence-corrected chi connectivity index (χ2v) is 4.12. The summed E-state index contributed by atoms with van der Waals surface area (Å²) in [7, 11) is 0. The number of hydrogen-bond acceptors (Lipinski definition) is 2. The van der Waals surface area contributed by atoms with Gasteiger partial charge in [-0.15, -0.1) is 0 Å². The van der Waals surface area contributed by atoms with E-state index in [0.29, 0.717) is 6.54 Å². The topological polar surface area (TPSA) is 24.1 Å². The number of benzene rings is 1. The Balaban J connectivity index is 2.33. The summed E-state index contributed by atoms with van der Waals surface area (Å²) in [6.07, 6.45) is 0. The summed E-state index contributed by atoms with van der Waals surface area (Å²) in [6, 6.07) is 4.73. The summed E-state index contributed by atoms with van der Waals surface area (Å²) < 4.78 is 13.9. The van der Waals surface area contributed by atoms with Gasteiger partial charge in [-0.05, 0) is 30.3 Å². The average Bonchev–Trinajstić information content (AvgIpc) is 2.23. The van der Waals surface area contributed by atoms with Crippen molar-refractivity contribution in [2.24, 2.45) is 0 Å². The maximum atomic E-state index is 12.9. The third-order valence-electron chi connectivity index (χ3n) is 2.05. The maximum absolute atomic E-state index is 12.9. The average molecular weight is 275 g/mol. The van der Waals surface area contributed by atoms with Gasteiger partial charge in [0.1, 0.15) is 5.82 Å². The van der Waals surface area contributed by atoms with Crippen molar-refractivity contribution in [1.29, 1.82) is 0 Å². The second kappa shape index (κ2) is 6.93. The molecule has 0 saturated heterocycles. The van der Waals surface area contributed by atoms with E-state index in [1.165, 1.54) is 6.07 Å². The number of likely N-dealkylation sites (N-methyl/N-ethyl adjacent to an activating group) is 1. The number of rotatable bonds is 6. The van der Waals surface area contributed by atoms with Crippen molar-refractivity contribution in [3.63, 3.8) is 0 Å². The molecular weight excluding hydrogens is 259 g/mol. The van der Waals surface area contributed by atoms with Crippen molar-refractivity contribution in [2.75, 3.05) is 19.6 Å². The molecule has 0 atom stereocenters. The molecule has 0 radical (unpaired) electrons. The molecule has 4 heteroatoms. The Hall–Kier alpha value is -0.450. The maximum Gasteiger partial charge on any atom is 0.123 e. The lowest BCUT2D eigenvalue weighted by atomic mass is 10.2. The van der Waals surface area contributed by atoms with Crippen molar-refractivity contribution < 1.29 is 4.39 Å². The molecule has 84 valence electrons. The first-order valence-electron chi connectivity index (χ1n) is 5.09. The molecule has 0 unspecified atom stereocenters. The normalized spacial score (nSPS) is 10.6. The molecule has 0 aliphatic carbocycles. The van der Waals surface area contributed by atoms with Gasteiger partial charge in [-0.3, -0.25) is 0 Å². The zero-order chi connectivity index (χ0) is 11.1. The van der Waals surface area contributed by atoms with Crippen LogP contribution in [0.25, 0.3) is 0 Å². The number of hydrogen-bond donors (Lipinski definition) is 2. The lowest BCUT2D eigenvalue weighted by molar-refractivity contribution is 0.608. The molecule has 0 aliphatic rings. The summed E-state index contributed by atoms with van der Waals surface area (Å²) in [5, 5.41) is 6.46. The van der Waals surface area contributed by atoms with Crippen LogP contribution in [0.1, 0.15) is 12.5 Å². The van der Waals surface area contributed by atoms with Gasteiger partial charge >= 0.3 is 0 Å². The molecule has 0 amide bonds. The Morgan fingerprint density at radius 3 is 2.73 bits per heavy atom. The first-order valence-corrected chi connectivity index (χ1v) is 5.88. The van der Waals surface area contributed by atoms with Crippen LogP contribution >= 0.6 is 15.9 Å². The van der Waals surface area contributed by atoms with E-state index in [2.05, 4.69) is 33.5 Å². The molecular formula is C11H16BrFN2. The quantitative estimate of drug-likeness (QED) is 0.778. The zero-order valence-corrected chi connectivity index (χ0v) is 10.4. The van der Waals surface area contributed by atoms with E-state index in [-0.39, 0.29) is 5.82 Å². The molecule has 1 aromatic carbocycles. The van der Waals surface area contributed by atoms with Crippen LogP contribution in [0.5, 0.6) is 0 Å². The van der Waals surface area contributed by atoms with Crippen molar-refractivity contribution >= 4 is 15.9 Å². The van der Waals surface area contributed by atoms with Crippen LogP contribution in [0.3, 0.4) is 0 Å². The Labute approximate surface area is 98.4 Å². The van der Waals surface area contributed by atoms with Crippen molar-refractivity contribution in [3.05, 3.63) is 34.1 Å². The predicted molar refractivity (Wildman–Crippen MR) is 64.4 cm³/mol. The predicted octanol–water partition coefficient (Wildman–Crippen LogP) is 2.29. The minimum atomic E-state index is -0.193. The van der Waals surface area contributed by atoms with E-state index < -0.39 is 0 Å². The van der Waals surface area contributed by atoms with Gasteiger partial charge in [0, 0.05) is 24.1 Å². The highest BCUT2D eigenvalue weighted by atomic mass is 79.9. The number of nitrogens with one attached hydrogen (secondary N) is 2. The molecule has 0 bridgehead atoms. The van der Waals surface area contributed by atoms with Crippen molar-refractivity contribution in [1.82, 2.24) is 10.6 Å². The molecule has 1 aromatic rings. The van der Waals surface area contributed by atoms with Crippen LogP contribution in [-0.4, -0.2) is 19.6 Å². The van der Waals surface area contributed by atoms with Gasteiger partial charge in [0.15, 0.2) is 0 Å². The molecule has 0 aromatic heterocycles. The molecule has 2 nitrogen and oxygen atoms in total. The Morgan fingerprint density at radius 1 is 1.27 bits per heavy atom. The number of halogens is 2. The van der Waals surface area contributed by atoms with E-state index in [0.717, 1.165) is 29.7 Å². The third-order valence-corrected chi connectivity index (χ3v) is 2.83. The van der Waals surface area contributed by atoms with E-state index in [9.17, 15) is 4.39 Å². The fraction of sp³-hybridized carbons (Fsp3) is 0.455. The van der Waals surface area contributed by atoms with Crippen LogP contribution in [0.15, 0.2) is 22.7 Å². The summed E-state index contributed by atoms with van der Waals surface area (Å²) in [4.78, 5) is 0. The Kier molecular flexibility index (Phi) is 5.83. The molecule has 0 aliphatic heterocycles. The molecule has 0 saturated carbocycles. The minimum Gasteiger partial charge on any atom is -0.316 e. The molecule has 15 heavy (non-hydrogen) atoms. The van der Waals surface area contributed by atoms with Crippen LogP contribution in [0, 0.1) is 5.82 Å². The monoisotopic (exact) mass is 274 g/mol. The van der Waals surface area contributed by atoms with Gasteiger partial charge in [-0.25, -0.2) is 4.39 Å². The van der Waals surface area contributed by atoms with Crippen LogP contribution in [-0.2, 0) is 6.54 Å². The molecule has 0 heterocycles. The van der Waals surface area contributed by atoms with Gasteiger partial charge in [-0.2, -0.15) is 0 Å². The summed E-state index contributed by atoms with van der Waals surface area (Å²) in [5.74, 6) is -0.193. The fourth-order valence-electron chi connectivity index (χ4n) is 1.26. The van der Waals surface area contributed by atoms with Crippen LogP contribution in [0.4, 0.5) is 4.39 Å². The van der Waals surface area contributed by atoms with Gasteiger partial charge < -0.3 is 10.6 Å². The standard InChI is InChI=1S/C11H16BrFN2/c1-2-14-5-6-15-8-9-7-10(13)3-4-11(9)12/h3-4,7,14-15H,2,5-6,8H2,1H3. The van der Waals surface area contributed by atoms with E-state index in [1.54, 1.807) is 12.1 Å². The first-order chi connectivity index (χ1) is 7.24. The van der Waals surface area contributed by atoms with Gasteiger partial charge in [0.05, 0.1) is 0 Å². The van der Waals surface area contributed by atoms with Crippen molar-refractivity contribution in [2.45, 2.75) is 13.5 Å². The van der Waals surface area contributed by atoms with Gasteiger partial charge in [0.25, 0.3) is 0 Å². The highest BCUT2D eigenvalue weighted by Gasteiger charge is 2.00. The molecule has 0 fully saturated rings. The molecule has 0 spiro atoms. The third kappa shape index (κ3) is 4.73. The smallest absolute Gasteiger partial charge is 0.123 e. The van der Waals surface area contributed by atoms with E-state index >= 15 is 0 Å².